The fraction of sp³-hybridized carbons (Fsp3) is 0.0238. The van der Waals surface area contributed by atoms with Crippen molar-refractivity contribution in [3.8, 4) is 39.7 Å². The molecule has 5 aliphatic rings. The lowest BCUT2D eigenvalue weighted by atomic mass is 10.1. The number of hydrogen-bond donors (Lipinski definition) is 0. The summed E-state index contributed by atoms with van der Waals surface area (Å²) < 4.78 is 17.4. The average molecular weight is 658 g/mol. The van der Waals surface area contributed by atoms with E-state index in [9.17, 15) is 0 Å². The van der Waals surface area contributed by atoms with Crippen LogP contribution in [0.15, 0.2) is 134 Å². The third-order valence-electron chi connectivity index (χ3n) is 12.4. The predicted molar refractivity (Wildman–Crippen MR) is 196 cm³/mol. The Bertz CT molecular complexity index is 3130. The molecule has 0 N–H and O–H groups in total. The van der Waals surface area contributed by atoms with E-state index in [0.29, 0.717) is 4.70 Å². The number of fused-ring (bicyclic) bond motifs is 12. The third-order valence-corrected chi connectivity index (χ3v) is 17.3. The minimum absolute atomic E-state index is 0.345. The van der Waals surface area contributed by atoms with Gasteiger partial charge in [0, 0.05) is 32.7 Å². The lowest BCUT2D eigenvalue weighted by Gasteiger charge is -2.39. The molecule has 5 aliphatic heterocycles. The van der Waals surface area contributed by atoms with Gasteiger partial charge in [-0.15, -0.1) is 0 Å². The second-order valence-corrected chi connectivity index (χ2v) is 17.8. The topological polar surface area (TPSA) is 39.7 Å². The Morgan fingerprint density at radius 2 is 1.42 bits per heavy atom. The summed E-state index contributed by atoms with van der Waals surface area (Å²) in [7, 11) is -0.651. The van der Waals surface area contributed by atoms with Gasteiger partial charge in [0.1, 0.15) is 11.1 Å². The number of rotatable bonds is 0. The van der Waals surface area contributed by atoms with Crippen LogP contribution in [-0.4, -0.2) is 22.2 Å². The van der Waals surface area contributed by atoms with Gasteiger partial charge in [0.2, 0.25) is 17.0 Å². The minimum atomic E-state index is -2.82. The van der Waals surface area contributed by atoms with Crippen molar-refractivity contribution in [1.82, 2.24) is 18.8 Å². The highest BCUT2D eigenvalue weighted by Crippen LogP contribution is 2.60. The summed E-state index contributed by atoms with van der Waals surface area (Å²) in [5.41, 5.74) is 12.2. The molecule has 4 aromatic heterocycles. The Kier molecular flexibility index (Phi) is 3.76. The number of hydrogen-bond acceptors (Lipinski definition) is 2. The van der Waals surface area contributed by atoms with Crippen LogP contribution in [-0.2, 0) is 7.05 Å². The van der Waals surface area contributed by atoms with Crippen LogP contribution in [0.25, 0.3) is 61.2 Å². The maximum atomic E-state index is 7.07. The Morgan fingerprint density at radius 3 is 2.28 bits per heavy atom. The van der Waals surface area contributed by atoms with Gasteiger partial charge in [-0.2, -0.15) is 4.57 Å². The zero-order valence-electron chi connectivity index (χ0n) is 26.8. The van der Waals surface area contributed by atoms with Gasteiger partial charge in [0.05, 0.1) is 23.3 Å². The monoisotopic (exact) mass is 657 g/mol. The smallest absolute Gasteiger partial charge is 0.352 e. The number of pyridine rings is 2. The van der Waals surface area contributed by atoms with Crippen molar-refractivity contribution in [3.05, 3.63) is 134 Å². The third kappa shape index (κ3) is 2.18. The van der Waals surface area contributed by atoms with Crippen molar-refractivity contribution >= 4 is 73.2 Å². The molecule has 230 valence electrons. The number of ether oxygens (including phenoxy) is 1. The average Bonchev–Trinajstić information content (AvgIpc) is 3.86. The molecular weight excluding hydrogens is 633 g/mol. The number of imidazole rings is 1. The van der Waals surface area contributed by atoms with Crippen molar-refractivity contribution < 1.29 is 14.1 Å². The summed E-state index contributed by atoms with van der Waals surface area (Å²) in [4.78, 5) is 4.59. The summed E-state index contributed by atoms with van der Waals surface area (Å²) in [5, 5.41) is 8.36. The van der Waals surface area contributed by atoms with Crippen LogP contribution in [0.5, 0.6) is 11.5 Å². The van der Waals surface area contributed by atoms with Gasteiger partial charge < -0.3 is 4.74 Å². The first kappa shape index (κ1) is 24.7. The Labute approximate surface area is 285 Å². The number of quaternary nitrogens is 1. The molecule has 2 spiro atoms. The molecule has 7 nitrogen and oxygen atoms in total. The van der Waals surface area contributed by atoms with Gasteiger partial charge >= 0.3 is 17.2 Å². The highest BCUT2D eigenvalue weighted by atomic mass is 28.3. The number of para-hydroxylation sites is 2. The molecule has 0 aliphatic carbocycles. The molecule has 8 heteroatoms. The summed E-state index contributed by atoms with van der Waals surface area (Å²) in [6.45, 7) is 0. The molecule has 9 heterocycles. The molecule has 50 heavy (non-hydrogen) atoms. The number of aromatic nitrogens is 5. The summed E-state index contributed by atoms with van der Waals surface area (Å²) in [5.74, 6) is 2.91. The van der Waals surface area contributed by atoms with E-state index in [4.69, 9.17) is 4.74 Å². The van der Waals surface area contributed by atoms with E-state index in [1.807, 2.05) is 12.4 Å². The molecule has 9 aromatic rings. The van der Waals surface area contributed by atoms with E-state index in [2.05, 4.69) is 152 Å². The quantitative estimate of drug-likeness (QED) is 0.133. The van der Waals surface area contributed by atoms with Gasteiger partial charge in [0.15, 0.2) is 25.5 Å². The largest absolute Gasteiger partial charge is 0.444 e. The number of aryl methyl sites for hydroxylation is 1. The maximum absolute atomic E-state index is 7.07. The molecule has 0 fully saturated rings. The van der Waals surface area contributed by atoms with Crippen LogP contribution < -0.4 is 39.5 Å². The second-order valence-electron chi connectivity index (χ2n) is 14.2. The fourth-order valence-corrected chi connectivity index (χ4v) is 16.4. The van der Waals surface area contributed by atoms with E-state index in [1.54, 1.807) is 0 Å². The lowest BCUT2D eigenvalue weighted by Crippen LogP contribution is -2.85. The van der Waals surface area contributed by atoms with Crippen molar-refractivity contribution in [2.75, 3.05) is 0 Å². The molecular formula is C42H25N6OSi+3. The molecule has 14 rings (SSSR count). The lowest BCUT2D eigenvalue weighted by molar-refractivity contribution is -1.01. The SMILES string of the molecule is Cn1c2[n+](c3ccncc31)[N+]13c4c(cccc4-2)Oc2ccc4c(c21)-n1c2c(cccc2c2ccc[n+]3c21)[Si]41c2ccccc2-c2ccccc21. The van der Waals surface area contributed by atoms with Crippen molar-refractivity contribution in [1.29, 1.82) is 0 Å². The van der Waals surface area contributed by atoms with Crippen LogP contribution in [0, 0.1) is 0 Å². The van der Waals surface area contributed by atoms with E-state index in [1.165, 1.54) is 65.1 Å². The van der Waals surface area contributed by atoms with Crippen molar-refractivity contribution in [3.63, 3.8) is 0 Å². The molecule has 1 atom stereocenters. The highest BCUT2D eigenvalue weighted by Gasteiger charge is 2.71. The van der Waals surface area contributed by atoms with Gasteiger partial charge in [-0.1, -0.05) is 72.8 Å². The zero-order valence-corrected chi connectivity index (χ0v) is 27.8. The van der Waals surface area contributed by atoms with Gasteiger partial charge in [-0.05, 0) is 62.6 Å². The van der Waals surface area contributed by atoms with Crippen molar-refractivity contribution in [2.45, 2.75) is 0 Å². The summed E-state index contributed by atoms with van der Waals surface area (Å²) >= 11 is 0. The van der Waals surface area contributed by atoms with Crippen LogP contribution >= 0.6 is 0 Å². The zero-order chi connectivity index (χ0) is 32.2. The predicted octanol–water partition coefficient (Wildman–Crippen LogP) is 4.88. The Balaban J connectivity index is 1.32. The van der Waals surface area contributed by atoms with E-state index >= 15 is 0 Å². The van der Waals surface area contributed by atoms with Crippen molar-refractivity contribution in [2.24, 2.45) is 7.05 Å². The van der Waals surface area contributed by atoms with E-state index < -0.39 is 8.07 Å². The molecule has 0 radical (unpaired) electrons. The summed E-state index contributed by atoms with van der Waals surface area (Å²) in [6.07, 6.45) is 6.20. The van der Waals surface area contributed by atoms with Crippen LogP contribution in [0.1, 0.15) is 0 Å². The number of benzene rings is 5. The first-order valence-electron chi connectivity index (χ1n) is 17.2. The van der Waals surface area contributed by atoms with Crippen LogP contribution in [0.3, 0.4) is 0 Å². The highest BCUT2D eigenvalue weighted by molar-refractivity contribution is 7.23. The Morgan fingerprint density at radius 1 is 0.680 bits per heavy atom. The summed E-state index contributed by atoms with van der Waals surface area (Å²) in [6, 6.07) is 43.4. The van der Waals surface area contributed by atoms with E-state index in [0.717, 1.165) is 39.7 Å². The molecule has 0 saturated carbocycles. The second kappa shape index (κ2) is 7.60. The van der Waals surface area contributed by atoms with E-state index in [-0.39, 0.29) is 0 Å². The van der Waals surface area contributed by atoms with Crippen LogP contribution in [0.4, 0.5) is 11.4 Å². The number of nitrogens with zero attached hydrogens (tertiary/aromatic N) is 6. The van der Waals surface area contributed by atoms with Gasteiger partial charge in [-0.3, -0.25) is 4.98 Å². The minimum Gasteiger partial charge on any atom is -0.444 e. The first-order chi connectivity index (χ1) is 24.8. The fourth-order valence-electron chi connectivity index (χ4n) is 10.8. The molecule has 1 unspecified atom stereocenters. The molecule has 0 bridgehead atoms. The van der Waals surface area contributed by atoms with Gasteiger partial charge in [-0.25, -0.2) is 4.57 Å². The maximum Gasteiger partial charge on any atom is 0.352 e. The first-order valence-corrected chi connectivity index (χ1v) is 19.2. The van der Waals surface area contributed by atoms with Gasteiger partial charge in [0.25, 0.3) is 5.69 Å². The standard InChI is InChI=1S/C42H25N6OSi/c1-44-30-23-43-21-20-29(30)47-41(44)28-12-6-14-31-39(28)48(47)40-32(49-31)18-19-36-38(40)46-37-26(27-13-8-22-45(48)42(27)46)11-7-17-35(37)50(36)33-15-4-2-9-24(33)25-10-3-5-16-34(25)50/h2-23H,1H3/q+3. The Hall–Kier alpha value is -6.35. The molecule has 5 aromatic carbocycles. The van der Waals surface area contributed by atoms with Crippen LogP contribution in [0.2, 0.25) is 0 Å². The normalized spacial score (nSPS) is 18.1. The molecule has 0 amide bonds. The molecule has 0 saturated heterocycles.